The molecule has 1 N–H and O–H groups in total. The molecule has 2 unspecified atom stereocenters. The predicted octanol–water partition coefficient (Wildman–Crippen LogP) is 4.63. The Morgan fingerprint density at radius 2 is 2.03 bits per heavy atom. The smallest absolute Gasteiger partial charge is 0.221 e. The van der Waals surface area contributed by atoms with Crippen molar-refractivity contribution in [2.24, 2.45) is 13.0 Å². The van der Waals surface area contributed by atoms with Crippen LogP contribution in [0.2, 0.25) is 0 Å². The first kappa shape index (κ1) is 26.0. The van der Waals surface area contributed by atoms with Crippen LogP contribution in [0.15, 0.2) is 49.1 Å². The molecule has 1 aliphatic heterocycles. The van der Waals surface area contributed by atoms with Crippen LogP contribution in [0.1, 0.15) is 26.7 Å². The highest BCUT2D eigenvalue weighted by Gasteiger charge is 2.13. The molecule has 0 bridgehead atoms. The van der Waals surface area contributed by atoms with E-state index in [1.54, 1.807) is 18.6 Å². The van der Waals surface area contributed by atoms with Gasteiger partial charge >= 0.3 is 0 Å². The number of aromatic nitrogens is 5. The Morgan fingerprint density at radius 3 is 2.68 bits per heavy atom. The van der Waals surface area contributed by atoms with Crippen molar-refractivity contribution in [3.05, 3.63) is 49.1 Å². The Hall–Kier alpha value is -2.59. The topological polar surface area (TPSA) is 97.9 Å². The quantitative estimate of drug-likeness (QED) is 0.212. The number of likely N-dealkylation sites (tertiary alicyclic amines) is 1. The largest absolute Gasteiger partial charge is 0.345 e. The number of halogens is 1. The molecule has 1 saturated heterocycles. The molecule has 0 radical (unpaired) electrons. The van der Waals surface area contributed by atoms with Crippen LogP contribution in [0.5, 0.6) is 0 Å². The molecule has 0 saturated carbocycles. The summed E-state index contributed by atoms with van der Waals surface area (Å²) in [6, 6.07) is 8.08. The summed E-state index contributed by atoms with van der Waals surface area (Å²) in [5.41, 5.74) is 2.69. The van der Waals surface area contributed by atoms with Crippen molar-refractivity contribution < 1.29 is 9.59 Å². The molecular formula is C23H29IN7O2P. The van der Waals surface area contributed by atoms with Crippen LogP contribution in [0.3, 0.4) is 0 Å². The van der Waals surface area contributed by atoms with Crippen molar-refractivity contribution in [3.63, 3.8) is 0 Å². The van der Waals surface area contributed by atoms with Crippen LogP contribution in [-0.4, -0.2) is 54.6 Å². The van der Waals surface area contributed by atoms with Crippen LogP contribution < -0.4 is 5.32 Å². The minimum absolute atomic E-state index is 0.103. The van der Waals surface area contributed by atoms with Crippen molar-refractivity contribution >= 4 is 68.2 Å². The summed E-state index contributed by atoms with van der Waals surface area (Å²) in [7, 11) is 1.93. The summed E-state index contributed by atoms with van der Waals surface area (Å²) in [6.45, 7) is 5.60. The van der Waals surface area contributed by atoms with E-state index < -0.39 is 0 Å². The van der Waals surface area contributed by atoms with Crippen molar-refractivity contribution in [2.75, 3.05) is 18.4 Å². The Labute approximate surface area is 213 Å². The number of nitrogens with one attached hydrogen (secondary N) is 1. The molecule has 4 heterocycles. The monoisotopic (exact) mass is 593 g/mol. The lowest BCUT2D eigenvalue weighted by atomic mass is 10.0. The summed E-state index contributed by atoms with van der Waals surface area (Å²) in [5.74, 6) is 0.609. The third-order valence-electron chi connectivity index (χ3n) is 5.23. The number of amides is 2. The molecule has 9 nitrogen and oxygen atoms in total. The molecule has 2 amide bonds. The third kappa shape index (κ3) is 7.20. The first-order chi connectivity index (χ1) is 16.4. The minimum Gasteiger partial charge on any atom is -0.345 e. The van der Waals surface area contributed by atoms with Crippen LogP contribution in [-0.2, 0) is 16.6 Å². The Morgan fingerprint density at radius 1 is 1.24 bits per heavy atom. The number of carbonyl (C=O) groups is 2. The number of piperidine rings is 1. The normalized spacial score (nSPS) is 15.5. The SMILES string of the molecule is CC(=O)Nc1cncc2cnn(PI)c12.CC1CCCN(C=O)C1.Cn1cc2ccccc2n1. The highest BCUT2D eigenvalue weighted by atomic mass is 127. The fraction of sp³-hybridized carbons (Fsp3) is 0.348. The zero-order valence-corrected chi connectivity index (χ0v) is 22.6. The van der Waals surface area contributed by atoms with Gasteiger partial charge in [0.1, 0.15) is 0 Å². The molecule has 11 heteroatoms. The number of carbonyl (C=O) groups excluding carboxylic acids is 2. The molecule has 0 spiro atoms. The molecule has 2 atom stereocenters. The van der Waals surface area contributed by atoms with E-state index in [4.69, 9.17) is 0 Å². The molecule has 0 aliphatic carbocycles. The van der Waals surface area contributed by atoms with Gasteiger partial charge in [-0.15, -0.1) is 0 Å². The minimum atomic E-state index is -0.103. The second kappa shape index (κ2) is 12.8. The lowest BCUT2D eigenvalue weighted by molar-refractivity contribution is -0.119. The third-order valence-corrected chi connectivity index (χ3v) is 7.10. The van der Waals surface area contributed by atoms with Crippen molar-refractivity contribution in [1.29, 1.82) is 0 Å². The fourth-order valence-corrected chi connectivity index (χ4v) is 5.27. The highest BCUT2D eigenvalue weighted by molar-refractivity contribution is 14.2. The van der Waals surface area contributed by atoms with Crippen LogP contribution in [0.25, 0.3) is 21.8 Å². The number of fused-ring (bicyclic) bond motifs is 2. The number of hydrogen-bond acceptors (Lipinski definition) is 5. The Kier molecular flexibility index (Phi) is 9.76. The number of aryl methyl sites for hydroxylation is 1. The van der Waals surface area contributed by atoms with E-state index in [0.717, 1.165) is 35.9 Å². The van der Waals surface area contributed by atoms with Crippen molar-refractivity contribution in [1.82, 2.24) is 29.2 Å². The average Bonchev–Trinajstić information content (AvgIpc) is 3.42. The van der Waals surface area contributed by atoms with E-state index in [1.165, 1.54) is 25.2 Å². The lowest BCUT2D eigenvalue weighted by Crippen LogP contribution is -2.32. The molecule has 4 aromatic rings. The summed E-state index contributed by atoms with van der Waals surface area (Å²) < 4.78 is 3.67. The number of anilines is 1. The number of rotatable bonds is 3. The number of hydrogen-bond donors (Lipinski definition) is 1. The summed E-state index contributed by atoms with van der Waals surface area (Å²) in [6.07, 6.45) is 11.0. The first-order valence-corrected chi connectivity index (χ1v) is 15.0. The maximum absolute atomic E-state index is 11.0. The van der Waals surface area contributed by atoms with E-state index in [2.05, 4.69) is 55.5 Å². The van der Waals surface area contributed by atoms with Crippen LogP contribution >= 0.6 is 28.4 Å². The standard InChI is InChI=1S/C8H8IN4OP.C8H8N2.C7H13NO/c1-5(14)12-7-4-10-2-6-3-11-13(15-9)8(6)7;1-10-6-7-4-2-3-5-8(7)9-10;1-7-3-2-4-8(5-7)6-9/h2-4,15H,1H3,(H,12,14);2-6H,1H3;6-7H,2-5H2,1H3. The average molecular weight is 593 g/mol. The first-order valence-electron chi connectivity index (χ1n) is 10.9. The maximum atomic E-state index is 11.0. The van der Waals surface area contributed by atoms with Crippen LogP contribution in [0, 0.1) is 5.92 Å². The molecule has 1 fully saturated rings. The van der Waals surface area contributed by atoms with Gasteiger partial charge < -0.3 is 10.2 Å². The van der Waals surface area contributed by atoms with Gasteiger partial charge in [0.25, 0.3) is 0 Å². The van der Waals surface area contributed by atoms with Crippen LogP contribution in [0.4, 0.5) is 5.69 Å². The van der Waals surface area contributed by atoms with E-state index >= 15 is 0 Å². The van der Waals surface area contributed by atoms with Gasteiger partial charge in [0, 0.05) is 50.2 Å². The Bertz CT molecular complexity index is 1210. The van der Waals surface area contributed by atoms with Gasteiger partial charge in [-0.1, -0.05) is 25.1 Å². The van der Waals surface area contributed by atoms with Gasteiger partial charge in [0.15, 0.2) is 0 Å². The molecule has 34 heavy (non-hydrogen) atoms. The summed E-state index contributed by atoms with van der Waals surface area (Å²) in [5, 5.41) is 13.3. The molecule has 3 aromatic heterocycles. The molecule has 5 rings (SSSR count). The van der Waals surface area contributed by atoms with E-state index in [0.29, 0.717) is 18.0 Å². The van der Waals surface area contributed by atoms with Gasteiger partial charge in [-0.25, -0.2) is 4.45 Å². The van der Waals surface area contributed by atoms with Gasteiger partial charge in [-0.05, 0) is 46.9 Å². The maximum Gasteiger partial charge on any atom is 0.221 e. The van der Waals surface area contributed by atoms with Gasteiger partial charge in [0.05, 0.1) is 35.5 Å². The summed E-state index contributed by atoms with van der Waals surface area (Å²) in [4.78, 5) is 27.1. The van der Waals surface area contributed by atoms with E-state index in [9.17, 15) is 9.59 Å². The molecule has 1 aromatic carbocycles. The zero-order chi connectivity index (χ0) is 24.5. The second-order valence-electron chi connectivity index (χ2n) is 8.16. The van der Waals surface area contributed by atoms with Gasteiger partial charge in [-0.3, -0.25) is 19.3 Å². The number of pyridine rings is 1. The van der Waals surface area contributed by atoms with E-state index in [-0.39, 0.29) is 5.91 Å². The Balaban J connectivity index is 0.000000149. The van der Waals surface area contributed by atoms with E-state index in [1.807, 2.05) is 45.5 Å². The van der Waals surface area contributed by atoms with Gasteiger partial charge in [-0.2, -0.15) is 10.2 Å². The molecular weight excluding hydrogens is 564 g/mol. The fourth-order valence-electron chi connectivity index (χ4n) is 3.73. The van der Waals surface area contributed by atoms with Crippen molar-refractivity contribution in [3.8, 4) is 0 Å². The summed E-state index contributed by atoms with van der Waals surface area (Å²) >= 11 is 2.24. The number of benzene rings is 1. The zero-order valence-electron chi connectivity index (χ0n) is 19.5. The van der Waals surface area contributed by atoms with Crippen molar-refractivity contribution in [2.45, 2.75) is 26.7 Å². The number of nitrogens with zero attached hydrogens (tertiary/aromatic N) is 6. The second-order valence-corrected chi connectivity index (χ2v) is 10.2. The highest BCUT2D eigenvalue weighted by Crippen LogP contribution is 2.31. The molecule has 1 aliphatic rings. The molecule has 180 valence electrons. The van der Waals surface area contributed by atoms with Gasteiger partial charge in [0.2, 0.25) is 12.3 Å². The lowest BCUT2D eigenvalue weighted by Gasteiger charge is -2.27. The predicted molar refractivity (Wildman–Crippen MR) is 146 cm³/mol.